The summed E-state index contributed by atoms with van der Waals surface area (Å²) >= 11 is 1.27. The van der Waals surface area contributed by atoms with Gasteiger partial charge in [-0.3, -0.25) is 4.79 Å². The maximum absolute atomic E-state index is 12.4. The van der Waals surface area contributed by atoms with E-state index in [1.807, 2.05) is 19.9 Å². The number of Topliss-reactive ketones (excluding diaryl/α,β-unsaturated/α-hetero) is 1. The Bertz CT molecular complexity index is 664. The molecule has 2 aromatic rings. The van der Waals surface area contributed by atoms with E-state index < -0.39 is 0 Å². The summed E-state index contributed by atoms with van der Waals surface area (Å²) in [5.41, 5.74) is 8.21. The first-order chi connectivity index (χ1) is 10.4. The number of carbonyl (C=O) groups is 1. The van der Waals surface area contributed by atoms with Gasteiger partial charge in [0.15, 0.2) is 5.78 Å². The zero-order chi connectivity index (χ0) is 16.3. The number of anilines is 1. The van der Waals surface area contributed by atoms with E-state index in [0.717, 1.165) is 17.0 Å². The van der Waals surface area contributed by atoms with Crippen LogP contribution in [0.2, 0.25) is 0 Å². The lowest BCUT2D eigenvalue weighted by Gasteiger charge is -2.17. The molecule has 1 atom stereocenters. The summed E-state index contributed by atoms with van der Waals surface area (Å²) in [4.78, 5) is 16.4. The van der Waals surface area contributed by atoms with E-state index in [9.17, 15) is 4.79 Å². The highest BCUT2D eigenvalue weighted by Crippen LogP contribution is 2.23. The van der Waals surface area contributed by atoms with E-state index in [4.69, 9.17) is 10.5 Å². The molecule has 0 saturated heterocycles. The maximum Gasteiger partial charge on any atom is 0.216 e. The van der Waals surface area contributed by atoms with Crippen LogP contribution in [0.15, 0.2) is 11.2 Å². The maximum atomic E-state index is 12.4. The van der Waals surface area contributed by atoms with Crippen LogP contribution in [-0.4, -0.2) is 45.0 Å². The third-order valence-corrected chi connectivity index (χ3v) is 4.30. The van der Waals surface area contributed by atoms with E-state index >= 15 is 0 Å². The molecule has 0 fully saturated rings. The number of carbonyl (C=O) groups excluding carboxylic acids is 1. The lowest BCUT2D eigenvalue weighted by molar-refractivity contribution is 0.102. The molecule has 2 aromatic heterocycles. The number of nitrogens with one attached hydrogen (secondary N) is 1. The van der Waals surface area contributed by atoms with Gasteiger partial charge in [0.1, 0.15) is 0 Å². The first-order valence-electron chi connectivity index (χ1n) is 6.95. The van der Waals surface area contributed by atoms with Gasteiger partial charge in [-0.2, -0.15) is 4.98 Å². The summed E-state index contributed by atoms with van der Waals surface area (Å²) in [5, 5.41) is 6.94. The van der Waals surface area contributed by atoms with E-state index in [1.165, 1.54) is 11.8 Å². The van der Waals surface area contributed by atoms with Crippen molar-refractivity contribution in [3.63, 3.8) is 0 Å². The zero-order valence-electron chi connectivity index (χ0n) is 13.2. The Morgan fingerprint density at radius 2 is 2.27 bits per heavy atom. The summed E-state index contributed by atoms with van der Waals surface area (Å²) in [6, 6.07) is 2.11. The number of aromatic amines is 1. The Morgan fingerprint density at radius 1 is 1.55 bits per heavy atom. The Kier molecular flexibility index (Phi) is 5.25. The first kappa shape index (κ1) is 16.6. The Labute approximate surface area is 133 Å². The number of aromatic nitrogens is 4. The number of hydrogen-bond donors (Lipinski definition) is 2. The van der Waals surface area contributed by atoms with E-state index in [1.54, 1.807) is 7.11 Å². The highest BCUT2D eigenvalue weighted by molar-refractivity contribution is 7.99. The van der Waals surface area contributed by atoms with Gasteiger partial charge in [-0.05, 0) is 26.8 Å². The van der Waals surface area contributed by atoms with Crippen LogP contribution in [0.3, 0.4) is 0 Å². The number of thioether (sulfide) groups is 1. The highest BCUT2D eigenvalue weighted by Gasteiger charge is 2.19. The molecule has 3 N–H and O–H groups in total. The van der Waals surface area contributed by atoms with Gasteiger partial charge in [0.05, 0.1) is 18.4 Å². The van der Waals surface area contributed by atoms with Crippen molar-refractivity contribution in [2.24, 2.45) is 0 Å². The molecule has 7 nitrogen and oxygen atoms in total. The fraction of sp³-hybridized carbons (Fsp3) is 0.500. The smallest absolute Gasteiger partial charge is 0.216 e. The predicted molar refractivity (Wildman–Crippen MR) is 86.3 cm³/mol. The highest BCUT2D eigenvalue weighted by atomic mass is 32.2. The van der Waals surface area contributed by atoms with Crippen LogP contribution in [0.1, 0.15) is 34.7 Å². The molecule has 0 aliphatic heterocycles. The van der Waals surface area contributed by atoms with E-state index in [0.29, 0.717) is 11.8 Å². The Balaban J connectivity index is 2.11. The van der Waals surface area contributed by atoms with Gasteiger partial charge < -0.3 is 15.0 Å². The van der Waals surface area contributed by atoms with Crippen molar-refractivity contribution in [2.45, 2.75) is 32.0 Å². The van der Waals surface area contributed by atoms with Crippen LogP contribution in [0.4, 0.5) is 5.95 Å². The number of aryl methyl sites for hydroxylation is 1. The minimum atomic E-state index is 0.0531. The molecule has 1 unspecified atom stereocenters. The van der Waals surface area contributed by atoms with Crippen LogP contribution in [0.5, 0.6) is 0 Å². The number of ether oxygens (including phenoxy) is 1. The van der Waals surface area contributed by atoms with Gasteiger partial charge in [-0.1, -0.05) is 11.8 Å². The number of nitrogen functional groups attached to an aromatic ring is 1. The molecule has 22 heavy (non-hydrogen) atoms. The second-order valence-electron chi connectivity index (χ2n) is 5.17. The molecule has 0 aromatic carbocycles. The lowest BCUT2D eigenvalue weighted by atomic mass is 10.2. The molecule has 0 saturated carbocycles. The zero-order valence-corrected chi connectivity index (χ0v) is 14.0. The summed E-state index contributed by atoms with van der Waals surface area (Å²) in [6.45, 7) is 6.64. The number of hydrogen-bond acceptors (Lipinski definition) is 6. The molecule has 0 aliphatic rings. The number of nitrogens with zero attached hydrogens (tertiary/aromatic N) is 3. The van der Waals surface area contributed by atoms with Gasteiger partial charge in [-0.15, -0.1) is 5.10 Å². The quantitative estimate of drug-likeness (QED) is 0.597. The molecule has 0 bridgehead atoms. The fourth-order valence-corrected chi connectivity index (χ4v) is 3.27. The number of methoxy groups -OCH3 is 1. The molecule has 120 valence electrons. The lowest BCUT2D eigenvalue weighted by Crippen LogP contribution is -2.14. The summed E-state index contributed by atoms with van der Waals surface area (Å²) in [6.07, 6.45) is 0. The predicted octanol–water partition coefficient (Wildman–Crippen LogP) is 1.99. The second-order valence-corrected chi connectivity index (χ2v) is 6.12. The molecule has 8 heteroatoms. The van der Waals surface area contributed by atoms with Crippen molar-refractivity contribution in [3.8, 4) is 0 Å². The molecule has 0 radical (unpaired) electrons. The van der Waals surface area contributed by atoms with Crippen molar-refractivity contribution < 1.29 is 9.53 Å². The van der Waals surface area contributed by atoms with Crippen molar-refractivity contribution in [2.75, 3.05) is 25.2 Å². The van der Waals surface area contributed by atoms with Gasteiger partial charge >= 0.3 is 0 Å². The van der Waals surface area contributed by atoms with Crippen LogP contribution < -0.4 is 5.73 Å². The number of H-pyrrole nitrogens is 1. The molecule has 0 aliphatic carbocycles. The van der Waals surface area contributed by atoms with Gasteiger partial charge in [0, 0.05) is 24.1 Å². The number of rotatable bonds is 7. The molecule has 2 rings (SSSR count). The van der Waals surface area contributed by atoms with Crippen molar-refractivity contribution in [3.05, 3.63) is 23.0 Å². The normalized spacial score (nSPS) is 12.5. The topological polar surface area (TPSA) is 98.8 Å². The number of nitrogens with two attached hydrogens (primary N) is 1. The van der Waals surface area contributed by atoms with E-state index in [2.05, 4.69) is 26.7 Å². The third-order valence-electron chi connectivity index (χ3n) is 3.45. The minimum absolute atomic E-state index is 0.0531. The molecular weight excluding hydrogens is 302 g/mol. The second kappa shape index (κ2) is 6.97. The molecular formula is C14H21N5O2S. The minimum Gasteiger partial charge on any atom is -0.383 e. The monoisotopic (exact) mass is 323 g/mol. The Hall–Kier alpha value is -1.80. The summed E-state index contributed by atoms with van der Waals surface area (Å²) in [5.74, 6) is 0.583. The van der Waals surface area contributed by atoms with Crippen LogP contribution >= 0.6 is 11.8 Å². The summed E-state index contributed by atoms with van der Waals surface area (Å²) in [7, 11) is 1.68. The average Bonchev–Trinajstić information content (AvgIpc) is 3.00. The number of ketones is 1. The van der Waals surface area contributed by atoms with Crippen LogP contribution in [0.25, 0.3) is 0 Å². The van der Waals surface area contributed by atoms with Crippen LogP contribution in [-0.2, 0) is 4.74 Å². The summed E-state index contributed by atoms with van der Waals surface area (Å²) < 4.78 is 7.33. The largest absolute Gasteiger partial charge is 0.383 e. The fourth-order valence-electron chi connectivity index (χ4n) is 2.58. The molecule has 0 amide bonds. The van der Waals surface area contributed by atoms with Gasteiger partial charge in [-0.25, -0.2) is 5.10 Å². The average molecular weight is 323 g/mol. The van der Waals surface area contributed by atoms with Gasteiger partial charge in [0.25, 0.3) is 0 Å². The standard InChI is InChI=1S/C14H21N5O2S/c1-8-5-11(10(3)19(8)9(2)6-21-4)12(20)7-22-14-16-13(15)17-18-14/h5,9H,6-7H2,1-4H3,(H3,15,16,17,18). The van der Waals surface area contributed by atoms with Gasteiger partial charge in [0.2, 0.25) is 11.1 Å². The Morgan fingerprint density at radius 3 is 2.86 bits per heavy atom. The van der Waals surface area contributed by atoms with Crippen molar-refractivity contribution in [1.29, 1.82) is 0 Å². The SMILES string of the molecule is COCC(C)n1c(C)cc(C(=O)CSc2n[nH]c(N)n2)c1C. The molecule has 2 heterocycles. The van der Waals surface area contributed by atoms with Crippen molar-refractivity contribution >= 4 is 23.5 Å². The first-order valence-corrected chi connectivity index (χ1v) is 7.93. The van der Waals surface area contributed by atoms with Crippen molar-refractivity contribution in [1.82, 2.24) is 19.7 Å². The molecule has 0 spiro atoms. The van der Waals surface area contributed by atoms with Crippen LogP contribution in [0, 0.1) is 13.8 Å². The van der Waals surface area contributed by atoms with E-state index in [-0.39, 0.29) is 23.5 Å². The third kappa shape index (κ3) is 3.50.